The Labute approximate surface area is 133 Å². The van der Waals surface area contributed by atoms with Gasteiger partial charge >= 0.3 is 5.82 Å². The third-order valence-electron chi connectivity index (χ3n) is 2.42. The standard InChI is InChI=1S/C13H10BrClN2O4/c14-10-8-9(15)3-4-11(10)20-6-7-21-12-2-1-5-16-13(12)17(18)19/h1-5,8H,6-7H2. The highest BCUT2D eigenvalue weighted by molar-refractivity contribution is 9.10. The Kier molecular flexibility index (Phi) is 5.35. The van der Waals surface area contributed by atoms with Crippen LogP contribution in [-0.2, 0) is 0 Å². The summed E-state index contributed by atoms with van der Waals surface area (Å²) in [6.45, 7) is 0.383. The van der Waals surface area contributed by atoms with Crippen LogP contribution in [0, 0.1) is 10.1 Å². The highest BCUT2D eigenvalue weighted by Gasteiger charge is 2.15. The highest BCUT2D eigenvalue weighted by atomic mass is 79.9. The number of nitrogens with zero attached hydrogens (tertiary/aromatic N) is 2. The van der Waals surface area contributed by atoms with Crippen molar-refractivity contribution in [3.05, 3.63) is 56.1 Å². The molecule has 1 aromatic heterocycles. The van der Waals surface area contributed by atoms with Gasteiger partial charge in [0.05, 0.1) is 4.47 Å². The van der Waals surface area contributed by atoms with E-state index in [0.29, 0.717) is 10.8 Å². The molecule has 8 heteroatoms. The second-order valence-corrected chi connectivity index (χ2v) is 5.14. The van der Waals surface area contributed by atoms with Crippen molar-refractivity contribution in [2.24, 2.45) is 0 Å². The number of ether oxygens (including phenoxy) is 2. The van der Waals surface area contributed by atoms with Crippen LogP contribution in [0.1, 0.15) is 0 Å². The van der Waals surface area contributed by atoms with Gasteiger partial charge in [0.2, 0.25) is 5.75 Å². The number of benzene rings is 1. The Bertz CT molecular complexity index is 654. The fraction of sp³-hybridized carbons (Fsp3) is 0.154. The van der Waals surface area contributed by atoms with Gasteiger partial charge in [-0.05, 0) is 56.2 Å². The average Bonchev–Trinajstić information content (AvgIpc) is 2.45. The van der Waals surface area contributed by atoms with E-state index in [-0.39, 0.29) is 24.8 Å². The summed E-state index contributed by atoms with van der Waals surface area (Å²) in [6, 6.07) is 8.19. The minimum atomic E-state index is -0.591. The van der Waals surface area contributed by atoms with E-state index >= 15 is 0 Å². The van der Waals surface area contributed by atoms with Crippen molar-refractivity contribution < 1.29 is 14.4 Å². The van der Waals surface area contributed by atoms with Gasteiger partial charge in [-0.25, -0.2) is 0 Å². The minimum absolute atomic E-state index is 0.112. The first-order valence-electron chi connectivity index (χ1n) is 5.88. The molecule has 2 rings (SSSR count). The molecule has 0 spiro atoms. The van der Waals surface area contributed by atoms with Crippen molar-refractivity contribution in [3.8, 4) is 11.5 Å². The predicted octanol–water partition coefficient (Wildman–Crippen LogP) is 3.86. The lowest BCUT2D eigenvalue weighted by Gasteiger charge is -2.09. The molecule has 6 nitrogen and oxygen atoms in total. The lowest BCUT2D eigenvalue weighted by Crippen LogP contribution is -2.10. The summed E-state index contributed by atoms with van der Waals surface area (Å²) in [7, 11) is 0. The number of pyridine rings is 1. The van der Waals surface area contributed by atoms with Gasteiger partial charge in [0, 0.05) is 5.02 Å². The molecule has 1 aromatic carbocycles. The quantitative estimate of drug-likeness (QED) is 0.436. The summed E-state index contributed by atoms with van der Waals surface area (Å²) < 4.78 is 11.5. The normalized spacial score (nSPS) is 10.2. The lowest BCUT2D eigenvalue weighted by atomic mass is 10.3. The molecule has 0 radical (unpaired) electrons. The zero-order chi connectivity index (χ0) is 15.2. The Balaban J connectivity index is 1.89. The SMILES string of the molecule is O=[N+]([O-])c1ncccc1OCCOc1ccc(Cl)cc1Br. The molecule has 0 saturated carbocycles. The Morgan fingerprint density at radius 1 is 1.24 bits per heavy atom. The van der Waals surface area contributed by atoms with Gasteiger partial charge in [0.15, 0.2) is 0 Å². The van der Waals surface area contributed by atoms with Crippen molar-refractivity contribution in [2.45, 2.75) is 0 Å². The van der Waals surface area contributed by atoms with Crippen molar-refractivity contribution in [2.75, 3.05) is 13.2 Å². The second kappa shape index (κ2) is 7.24. The van der Waals surface area contributed by atoms with Crippen LogP contribution in [0.15, 0.2) is 41.0 Å². The number of nitro groups is 1. The first-order chi connectivity index (χ1) is 10.1. The number of rotatable bonds is 6. The van der Waals surface area contributed by atoms with Crippen LogP contribution >= 0.6 is 27.5 Å². The van der Waals surface area contributed by atoms with Gasteiger partial charge in [-0.1, -0.05) is 11.6 Å². The monoisotopic (exact) mass is 372 g/mol. The molecule has 0 atom stereocenters. The zero-order valence-electron chi connectivity index (χ0n) is 10.7. The average molecular weight is 374 g/mol. The molecular formula is C13H10BrClN2O4. The summed E-state index contributed by atoms with van der Waals surface area (Å²) in [5, 5.41) is 11.4. The first kappa shape index (κ1) is 15.5. The largest absolute Gasteiger partial charge is 0.489 e. The number of hydrogen-bond donors (Lipinski definition) is 0. The van der Waals surface area contributed by atoms with E-state index in [2.05, 4.69) is 20.9 Å². The summed E-state index contributed by atoms with van der Waals surface area (Å²) in [5.41, 5.74) is 0. The van der Waals surface area contributed by atoms with E-state index in [0.717, 1.165) is 4.47 Å². The smallest absolute Gasteiger partial charge is 0.406 e. The zero-order valence-corrected chi connectivity index (χ0v) is 13.0. The van der Waals surface area contributed by atoms with E-state index in [1.807, 2.05) is 0 Å². The fourth-order valence-corrected chi connectivity index (χ4v) is 2.32. The molecule has 0 fully saturated rings. The fourth-order valence-electron chi connectivity index (χ4n) is 1.53. The van der Waals surface area contributed by atoms with Crippen molar-refractivity contribution in [1.29, 1.82) is 0 Å². The van der Waals surface area contributed by atoms with Crippen LogP contribution in [0.5, 0.6) is 11.5 Å². The van der Waals surface area contributed by atoms with Crippen LogP contribution in [0.4, 0.5) is 5.82 Å². The van der Waals surface area contributed by atoms with E-state index in [4.69, 9.17) is 21.1 Å². The Morgan fingerprint density at radius 3 is 2.62 bits per heavy atom. The maximum Gasteiger partial charge on any atom is 0.406 e. The van der Waals surface area contributed by atoms with Crippen LogP contribution in [0.2, 0.25) is 5.02 Å². The molecule has 0 amide bonds. The first-order valence-corrected chi connectivity index (χ1v) is 7.05. The van der Waals surface area contributed by atoms with Gasteiger partial charge in [-0.2, -0.15) is 0 Å². The molecule has 21 heavy (non-hydrogen) atoms. The summed E-state index contributed by atoms with van der Waals surface area (Å²) in [4.78, 5) is 13.8. The maximum absolute atomic E-state index is 10.8. The molecule has 0 unspecified atom stereocenters. The van der Waals surface area contributed by atoms with Crippen molar-refractivity contribution in [1.82, 2.24) is 4.98 Å². The predicted molar refractivity (Wildman–Crippen MR) is 81.0 cm³/mol. The molecule has 0 bridgehead atoms. The van der Waals surface area contributed by atoms with Gasteiger partial charge in [-0.3, -0.25) is 0 Å². The molecular weight excluding hydrogens is 364 g/mol. The third-order valence-corrected chi connectivity index (χ3v) is 3.27. The molecule has 0 saturated heterocycles. The molecule has 0 aliphatic rings. The lowest BCUT2D eigenvalue weighted by molar-refractivity contribution is -0.390. The molecule has 110 valence electrons. The number of halogens is 2. The van der Waals surface area contributed by atoms with Gasteiger partial charge in [-0.15, -0.1) is 0 Å². The molecule has 1 heterocycles. The van der Waals surface area contributed by atoms with Gasteiger partial charge in [0.25, 0.3) is 0 Å². The van der Waals surface area contributed by atoms with E-state index in [1.165, 1.54) is 12.3 Å². The van der Waals surface area contributed by atoms with E-state index < -0.39 is 4.92 Å². The van der Waals surface area contributed by atoms with Crippen molar-refractivity contribution >= 4 is 33.3 Å². The van der Waals surface area contributed by atoms with E-state index in [1.54, 1.807) is 24.3 Å². The highest BCUT2D eigenvalue weighted by Crippen LogP contribution is 2.28. The third kappa shape index (κ3) is 4.30. The molecule has 2 aromatic rings. The molecule has 0 aliphatic carbocycles. The van der Waals surface area contributed by atoms with Gasteiger partial charge in [0.1, 0.15) is 25.2 Å². The molecule has 0 N–H and O–H groups in total. The summed E-state index contributed by atoms with van der Waals surface area (Å²) in [5.74, 6) is 0.412. The van der Waals surface area contributed by atoms with Crippen LogP contribution in [-0.4, -0.2) is 23.1 Å². The minimum Gasteiger partial charge on any atom is -0.489 e. The van der Waals surface area contributed by atoms with Crippen LogP contribution < -0.4 is 9.47 Å². The van der Waals surface area contributed by atoms with Crippen molar-refractivity contribution in [3.63, 3.8) is 0 Å². The molecule has 0 aliphatic heterocycles. The van der Waals surface area contributed by atoms with E-state index in [9.17, 15) is 10.1 Å². The Morgan fingerprint density at radius 2 is 1.95 bits per heavy atom. The number of hydrogen-bond acceptors (Lipinski definition) is 5. The summed E-state index contributed by atoms with van der Waals surface area (Å²) in [6.07, 6.45) is 1.34. The maximum atomic E-state index is 10.8. The summed E-state index contributed by atoms with van der Waals surface area (Å²) >= 11 is 9.15. The second-order valence-electron chi connectivity index (χ2n) is 3.85. The Hall–Kier alpha value is -1.86. The van der Waals surface area contributed by atoms with Gasteiger partial charge < -0.3 is 19.6 Å². The van der Waals surface area contributed by atoms with Crippen LogP contribution in [0.3, 0.4) is 0 Å². The topological polar surface area (TPSA) is 74.5 Å². The number of aromatic nitrogens is 1. The van der Waals surface area contributed by atoms with Crippen LogP contribution in [0.25, 0.3) is 0 Å².